The second-order valence-electron chi connectivity index (χ2n) is 7.92. The van der Waals surface area contributed by atoms with Gasteiger partial charge in [0.25, 0.3) is 0 Å². The number of carbonyl (C=O) groups excluding carboxylic acids is 2. The summed E-state index contributed by atoms with van der Waals surface area (Å²) in [6.07, 6.45) is 3.96. The van der Waals surface area contributed by atoms with Gasteiger partial charge in [0.05, 0.1) is 0 Å². The molecule has 3 amide bonds. The van der Waals surface area contributed by atoms with Crippen LogP contribution in [-0.2, 0) is 17.9 Å². The minimum atomic E-state index is -0.396. The van der Waals surface area contributed by atoms with Crippen molar-refractivity contribution >= 4 is 23.3 Å². The van der Waals surface area contributed by atoms with Crippen LogP contribution in [0.2, 0.25) is 0 Å². The van der Waals surface area contributed by atoms with Crippen molar-refractivity contribution < 1.29 is 14.0 Å². The highest BCUT2D eigenvalue weighted by Gasteiger charge is 2.23. The lowest BCUT2D eigenvalue weighted by Gasteiger charge is -2.26. The van der Waals surface area contributed by atoms with Gasteiger partial charge in [-0.3, -0.25) is 19.9 Å². The number of likely N-dealkylation sites (tertiary alicyclic amines) is 1. The number of benzene rings is 2. The molecule has 0 saturated carbocycles. The van der Waals surface area contributed by atoms with Gasteiger partial charge in [-0.2, -0.15) is 0 Å². The van der Waals surface area contributed by atoms with Crippen molar-refractivity contribution in [1.29, 1.82) is 0 Å². The first kappa shape index (κ1) is 20.3. The Kier molecular flexibility index (Phi) is 6.28. The monoisotopic (exact) mass is 410 g/mol. The summed E-state index contributed by atoms with van der Waals surface area (Å²) >= 11 is 0. The van der Waals surface area contributed by atoms with Crippen molar-refractivity contribution in [3.63, 3.8) is 0 Å². The summed E-state index contributed by atoms with van der Waals surface area (Å²) < 4.78 is 14.5. The molecule has 2 aromatic rings. The molecule has 2 aliphatic rings. The first-order valence-electron chi connectivity index (χ1n) is 10.5. The Balaban J connectivity index is 1.32. The van der Waals surface area contributed by atoms with Crippen LogP contribution in [0.1, 0.15) is 36.8 Å². The first-order valence-corrected chi connectivity index (χ1v) is 10.5. The Morgan fingerprint density at radius 1 is 0.967 bits per heavy atom. The number of amides is 3. The summed E-state index contributed by atoms with van der Waals surface area (Å²) in [5, 5.41) is 5.61. The smallest absolute Gasteiger partial charge is 0.328 e. The zero-order valence-corrected chi connectivity index (χ0v) is 17.0. The maximum atomic E-state index is 14.5. The molecule has 0 bridgehead atoms. The van der Waals surface area contributed by atoms with Gasteiger partial charge in [-0.05, 0) is 61.8 Å². The number of hydrogen-bond donors (Lipinski definition) is 2. The van der Waals surface area contributed by atoms with E-state index >= 15 is 0 Å². The van der Waals surface area contributed by atoms with Crippen LogP contribution < -0.4 is 15.5 Å². The van der Waals surface area contributed by atoms with Crippen LogP contribution in [-0.4, -0.2) is 36.5 Å². The number of nitrogens with zero attached hydrogens (tertiary/aromatic N) is 2. The van der Waals surface area contributed by atoms with E-state index in [1.54, 1.807) is 11.0 Å². The molecular formula is C23H27FN4O2. The molecule has 2 saturated heterocycles. The standard InChI is InChI=1S/C23H27FN4O2/c24-21-14-17(4-5-18(21)16-27-11-2-1-3-12-27)15-25-19-6-8-20(9-7-19)28-13-10-22(29)26-23(28)30/h4-9,14,25H,1-3,10-13,15-16H2,(H,26,29,30). The molecule has 2 heterocycles. The van der Waals surface area contributed by atoms with Crippen LogP contribution in [0.4, 0.5) is 20.6 Å². The maximum absolute atomic E-state index is 14.5. The minimum Gasteiger partial charge on any atom is -0.381 e. The molecule has 2 N–H and O–H groups in total. The third kappa shape index (κ3) is 4.97. The van der Waals surface area contributed by atoms with Gasteiger partial charge < -0.3 is 5.32 Å². The summed E-state index contributed by atoms with van der Waals surface area (Å²) in [5.41, 5.74) is 3.25. The molecule has 2 aliphatic heterocycles. The van der Waals surface area contributed by atoms with Crippen LogP contribution in [0, 0.1) is 5.82 Å². The second kappa shape index (κ2) is 9.26. The van der Waals surface area contributed by atoms with Crippen molar-refractivity contribution in [1.82, 2.24) is 10.2 Å². The summed E-state index contributed by atoms with van der Waals surface area (Å²) in [5.74, 6) is -0.399. The predicted octanol–water partition coefficient (Wildman–Crippen LogP) is 3.87. The third-order valence-corrected chi connectivity index (χ3v) is 5.69. The highest BCUT2D eigenvalue weighted by Crippen LogP contribution is 2.21. The van der Waals surface area contributed by atoms with Crippen molar-refractivity contribution in [3.8, 4) is 0 Å². The Hall–Kier alpha value is -2.93. The maximum Gasteiger partial charge on any atom is 0.328 e. The number of imide groups is 1. The Morgan fingerprint density at radius 3 is 2.43 bits per heavy atom. The summed E-state index contributed by atoms with van der Waals surface area (Å²) in [7, 11) is 0. The molecular weight excluding hydrogens is 383 g/mol. The van der Waals surface area contributed by atoms with Crippen molar-refractivity contribution in [3.05, 3.63) is 59.4 Å². The first-order chi connectivity index (χ1) is 14.6. The predicted molar refractivity (Wildman–Crippen MR) is 115 cm³/mol. The number of piperidine rings is 1. The molecule has 158 valence electrons. The number of hydrogen-bond acceptors (Lipinski definition) is 4. The Morgan fingerprint density at radius 2 is 1.73 bits per heavy atom. The van der Waals surface area contributed by atoms with Gasteiger partial charge in [-0.15, -0.1) is 0 Å². The molecule has 4 rings (SSSR count). The van der Waals surface area contributed by atoms with E-state index in [0.29, 0.717) is 26.1 Å². The molecule has 2 aromatic carbocycles. The van der Waals surface area contributed by atoms with E-state index in [9.17, 15) is 14.0 Å². The summed E-state index contributed by atoms with van der Waals surface area (Å²) in [6, 6.07) is 12.5. The lowest BCUT2D eigenvalue weighted by molar-refractivity contribution is -0.120. The van der Waals surface area contributed by atoms with Gasteiger partial charge in [0, 0.05) is 43.0 Å². The largest absolute Gasteiger partial charge is 0.381 e. The van der Waals surface area contributed by atoms with Crippen LogP contribution >= 0.6 is 0 Å². The van der Waals surface area contributed by atoms with Gasteiger partial charge >= 0.3 is 6.03 Å². The number of nitrogens with one attached hydrogen (secondary N) is 2. The average Bonchev–Trinajstić information content (AvgIpc) is 2.75. The van der Waals surface area contributed by atoms with Crippen molar-refractivity contribution in [2.45, 2.75) is 38.8 Å². The second-order valence-corrected chi connectivity index (χ2v) is 7.92. The normalized spacial score (nSPS) is 17.7. The van der Waals surface area contributed by atoms with Crippen molar-refractivity contribution in [2.24, 2.45) is 0 Å². The van der Waals surface area contributed by atoms with Crippen LogP contribution in [0.25, 0.3) is 0 Å². The molecule has 2 fully saturated rings. The lowest BCUT2D eigenvalue weighted by atomic mass is 10.1. The number of urea groups is 1. The Bertz CT molecular complexity index is 910. The molecule has 0 spiro atoms. The lowest BCUT2D eigenvalue weighted by Crippen LogP contribution is -2.49. The van der Waals surface area contributed by atoms with E-state index in [0.717, 1.165) is 35.6 Å². The summed E-state index contributed by atoms with van der Waals surface area (Å²) in [6.45, 7) is 3.67. The third-order valence-electron chi connectivity index (χ3n) is 5.69. The van der Waals surface area contributed by atoms with Crippen LogP contribution in [0.15, 0.2) is 42.5 Å². The number of carbonyl (C=O) groups is 2. The molecule has 0 radical (unpaired) electrons. The molecule has 7 heteroatoms. The fourth-order valence-electron chi connectivity index (χ4n) is 3.96. The molecule has 30 heavy (non-hydrogen) atoms. The number of halogens is 1. The van der Waals surface area contributed by atoms with Gasteiger partial charge in [-0.1, -0.05) is 18.6 Å². The highest BCUT2D eigenvalue weighted by molar-refractivity contribution is 6.05. The van der Waals surface area contributed by atoms with E-state index in [1.807, 2.05) is 36.4 Å². The van der Waals surface area contributed by atoms with Crippen molar-refractivity contribution in [2.75, 3.05) is 29.9 Å². The molecule has 0 aliphatic carbocycles. The fourth-order valence-corrected chi connectivity index (χ4v) is 3.96. The van der Waals surface area contributed by atoms with Crippen LogP contribution in [0.3, 0.4) is 0 Å². The molecule has 0 aromatic heterocycles. The quantitative estimate of drug-likeness (QED) is 0.759. The number of rotatable bonds is 6. The van der Waals surface area contributed by atoms with E-state index in [2.05, 4.69) is 15.5 Å². The van der Waals surface area contributed by atoms with E-state index in [4.69, 9.17) is 0 Å². The molecule has 0 unspecified atom stereocenters. The van der Waals surface area contributed by atoms with Gasteiger partial charge in [-0.25, -0.2) is 9.18 Å². The number of anilines is 2. The van der Waals surface area contributed by atoms with E-state index < -0.39 is 6.03 Å². The topological polar surface area (TPSA) is 64.7 Å². The van der Waals surface area contributed by atoms with Gasteiger partial charge in [0.1, 0.15) is 5.82 Å². The van der Waals surface area contributed by atoms with E-state index in [1.165, 1.54) is 19.3 Å². The average molecular weight is 410 g/mol. The fraction of sp³-hybridized carbons (Fsp3) is 0.391. The zero-order valence-electron chi connectivity index (χ0n) is 17.0. The van der Waals surface area contributed by atoms with Crippen LogP contribution in [0.5, 0.6) is 0 Å². The zero-order chi connectivity index (χ0) is 20.9. The molecule has 0 atom stereocenters. The van der Waals surface area contributed by atoms with Gasteiger partial charge in [0.2, 0.25) is 5.91 Å². The van der Waals surface area contributed by atoms with E-state index in [-0.39, 0.29) is 11.7 Å². The highest BCUT2D eigenvalue weighted by atomic mass is 19.1. The minimum absolute atomic E-state index is 0.152. The van der Waals surface area contributed by atoms with Gasteiger partial charge in [0.15, 0.2) is 0 Å². The molecule has 6 nitrogen and oxygen atoms in total. The SMILES string of the molecule is O=C1CCN(c2ccc(NCc3ccc(CN4CCCCC4)c(F)c3)cc2)C(=O)N1. The summed E-state index contributed by atoms with van der Waals surface area (Å²) in [4.78, 5) is 27.1. The Labute approximate surface area is 176 Å².